The van der Waals surface area contributed by atoms with E-state index in [4.69, 9.17) is 0 Å². The molecule has 0 rings (SSSR count). The molecule has 0 atom stereocenters. The van der Waals surface area contributed by atoms with Crippen molar-refractivity contribution in [3.05, 3.63) is 0 Å². The number of hydrogen-bond acceptors (Lipinski definition) is 1. The van der Waals surface area contributed by atoms with Crippen molar-refractivity contribution >= 4 is 31.2 Å². The average Bonchev–Trinajstić information content (AvgIpc) is 1.54. The van der Waals surface area contributed by atoms with Gasteiger partial charge >= 0.3 is 39.1 Å². The number of hydrogen-bond donors (Lipinski definition) is 0. The first-order chi connectivity index (χ1) is 5.20. The van der Waals surface area contributed by atoms with Gasteiger partial charge in [0, 0.05) is 0 Å². The fourth-order valence-electron chi connectivity index (χ4n) is 0. The van der Waals surface area contributed by atoms with Gasteiger partial charge in [-0.2, -0.15) is 0 Å². The third-order valence-corrected chi connectivity index (χ3v) is 0. The van der Waals surface area contributed by atoms with Gasteiger partial charge in [0.2, 0.25) is 0 Å². The first-order valence-electron chi connectivity index (χ1n) is 3.24. The minimum atomic E-state index is -0.361. The summed E-state index contributed by atoms with van der Waals surface area (Å²) in [6, 6.07) is 0. The van der Waals surface area contributed by atoms with Crippen LogP contribution in [0.15, 0.2) is 0 Å². The molecule has 0 aliphatic carbocycles. The molecule has 0 unspecified atom stereocenters. The molecular weight excluding hydrogens is 390 g/mol. The fraction of sp³-hybridized carbons (Fsp3) is 0.857. The molecule has 0 aromatic carbocycles. The second-order valence-electron chi connectivity index (χ2n) is 2.89. The molecule has 1 nitrogen and oxygen atoms in total. The second kappa shape index (κ2) is 15.0. The van der Waals surface area contributed by atoms with E-state index in [9.17, 15) is 4.79 Å². The standard InChI is InChI=1S/2C3H9P.CClO.Ir/c2*1-4(2)3;2-1-3;/h2*1-3H3;;. The Hall–Kier alpha value is 1.47. The molecule has 0 saturated carbocycles. The molecule has 0 radical (unpaired) electrons. The monoisotopic (exact) mass is 408 g/mol. The van der Waals surface area contributed by atoms with Crippen LogP contribution in [0.2, 0.25) is 0 Å². The van der Waals surface area contributed by atoms with E-state index in [0.29, 0.717) is 15.8 Å². The molecule has 0 aliphatic heterocycles. The van der Waals surface area contributed by atoms with Gasteiger partial charge in [0.05, 0.1) is 0 Å². The molecule has 0 bridgehead atoms. The Morgan fingerprint density at radius 2 is 1.00 bits per heavy atom. The molecule has 0 heterocycles. The summed E-state index contributed by atoms with van der Waals surface area (Å²) in [6.45, 7) is 13.4. The molecular formula is C7H18ClIrOP2. The van der Waals surface area contributed by atoms with Crippen molar-refractivity contribution in [2.45, 2.75) is 0 Å². The third kappa shape index (κ3) is 582. The maximum atomic E-state index is 9.21. The maximum absolute atomic E-state index is 9.21. The van der Waals surface area contributed by atoms with Crippen LogP contribution in [0.25, 0.3) is 0 Å². The van der Waals surface area contributed by atoms with Crippen molar-refractivity contribution in [1.29, 1.82) is 0 Å². The Bertz CT molecular complexity index is 83.9. The fourth-order valence-corrected chi connectivity index (χ4v) is 0. The van der Waals surface area contributed by atoms with Crippen molar-refractivity contribution in [2.24, 2.45) is 0 Å². The Labute approximate surface area is 94.7 Å². The normalized spacial score (nSPS) is 8.25. The van der Waals surface area contributed by atoms with Crippen LogP contribution in [0.4, 0.5) is 4.79 Å². The van der Waals surface area contributed by atoms with Gasteiger partial charge in [-0.25, -0.2) is 0 Å². The average molecular weight is 408 g/mol. The van der Waals surface area contributed by atoms with Gasteiger partial charge in [-0.15, -0.1) is 15.8 Å². The van der Waals surface area contributed by atoms with E-state index in [1.165, 1.54) is 18.9 Å². The topological polar surface area (TPSA) is 17.1 Å². The van der Waals surface area contributed by atoms with Crippen molar-refractivity contribution in [2.75, 3.05) is 40.0 Å². The molecule has 0 saturated heterocycles. The van der Waals surface area contributed by atoms with Gasteiger partial charge in [-0.1, -0.05) is 0 Å². The summed E-state index contributed by atoms with van der Waals surface area (Å²) in [5.41, 5.74) is 0. The summed E-state index contributed by atoms with van der Waals surface area (Å²) in [7, 11) is 0.759. The van der Waals surface area contributed by atoms with Gasteiger partial charge < -0.3 is 0 Å². The van der Waals surface area contributed by atoms with Crippen LogP contribution in [0.3, 0.4) is 0 Å². The van der Waals surface area contributed by atoms with E-state index in [-0.39, 0.29) is 3.76 Å². The van der Waals surface area contributed by atoms with Gasteiger partial charge in [-0.05, 0) is 40.0 Å². The molecule has 0 fully saturated rings. The summed E-state index contributed by atoms with van der Waals surface area (Å²) in [4.78, 5) is 9.21. The van der Waals surface area contributed by atoms with E-state index in [0.717, 1.165) is 0 Å². The third-order valence-electron chi connectivity index (χ3n) is 0. The van der Waals surface area contributed by atoms with E-state index < -0.39 is 0 Å². The molecule has 0 spiro atoms. The Morgan fingerprint density at radius 3 is 1.00 bits per heavy atom. The van der Waals surface area contributed by atoms with E-state index in [1.807, 2.05) is 0 Å². The summed E-state index contributed by atoms with van der Waals surface area (Å²) >= 11 is 5.93. The Kier molecular flexibility index (Phi) is 23.8. The summed E-state index contributed by atoms with van der Waals surface area (Å²) in [5.74, 6) is 0. The number of rotatable bonds is 0. The zero-order valence-corrected chi connectivity index (χ0v) is 13.5. The molecule has 0 N–H and O–H groups in total. The van der Waals surface area contributed by atoms with Crippen molar-refractivity contribution in [1.82, 2.24) is 0 Å². The predicted octanol–water partition coefficient (Wildman–Crippen LogP) is 3.61. The zero-order chi connectivity index (χ0) is 10.7. The molecule has 78 valence electrons. The molecule has 0 aromatic heterocycles. The van der Waals surface area contributed by atoms with Crippen LogP contribution in [-0.2, 0) is 18.9 Å². The molecule has 5 heteroatoms. The van der Waals surface area contributed by atoms with Crippen molar-refractivity contribution in [3.8, 4) is 0 Å². The van der Waals surface area contributed by atoms with Crippen molar-refractivity contribution < 1.29 is 23.7 Å². The quantitative estimate of drug-likeness (QED) is 0.443. The molecule has 12 heavy (non-hydrogen) atoms. The van der Waals surface area contributed by atoms with Crippen LogP contribution in [0.1, 0.15) is 0 Å². The Balaban J connectivity index is -0.000000101. The first kappa shape index (κ1) is 19.1. The van der Waals surface area contributed by atoms with Crippen LogP contribution >= 0.6 is 27.4 Å². The van der Waals surface area contributed by atoms with Gasteiger partial charge in [0.25, 0.3) is 0 Å². The number of halogens is 1. The van der Waals surface area contributed by atoms with Crippen LogP contribution in [0.5, 0.6) is 0 Å². The van der Waals surface area contributed by atoms with E-state index in [2.05, 4.69) is 51.6 Å². The molecule has 0 aromatic rings. The van der Waals surface area contributed by atoms with Crippen LogP contribution in [0, 0.1) is 0 Å². The zero-order valence-electron chi connectivity index (χ0n) is 8.51. The number of carbonyl (C=O) groups is 1. The van der Waals surface area contributed by atoms with Crippen LogP contribution in [-0.4, -0.2) is 43.7 Å². The second-order valence-corrected chi connectivity index (χ2v) is 10.4. The van der Waals surface area contributed by atoms with E-state index in [1.54, 1.807) is 0 Å². The minimum absolute atomic E-state index is 0.361. The summed E-state index contributed by atoms with van der Waals surface area (Å²) < 4.78 is -0.361. The summed E-state index contributed by atoms with van der Waals surface area (Å²) in [6.07, 6.45) is 0. The van der Waals surface area contributed by atoms with Gasteiger partial charge in [0.15, 0.2) is 0 Å². The van der Waals surface area contributed by atoms with Gasteiger partial charge in [0.1, 0.15) is 0 Å². The molecule has 0 amide bonds. The van der Waals surface area contributed by atoms with E-state index >= 15 is 0 Å². The Morgan fingerprint density at radius 1 is 1.00 bits per heavy atom. The molecule has 0 aliphatic rings. The van der Waals surface area contributed by atoms with Gasteiger partial charge in [-0.3, -0.25) is 0 Å². The summed E-state index contributed by atoms with van der Waals surface area (Å²) in [5, 5.41) is 0. The SMILES string of the molecule is CP(C)C.CP(C)C.O=[C](Cl)[Ir]. The number of carbonyl (C=O) groups excluding carboxylic acids is 1. The van der Waals surface area contributed by atoms with Crippen molar-refractivity contribution in [3.63, 3.8) is 0 Å². The predicted molar refractivity (Wildman–Crippen MR) is 60.6 cm³/mol. The first-order valence-corrected chi connectivity index (χ1v) is 10.2. The van der Waals surface area contributed by atoms with Crippen LogP contribution < -0.4 is 0 Å².